The first-order valence-electron chi connectivity index (χ1n) is 26.9. The molecule has 11 rings (SSSR count). The van der Waals surface area contributed by atoms with Gasteiger partial charge in [-0.1, -0.05) is 63.2 Å². The lowest BCUT2D eigenvalue weighted by Crippen LogP contribution is -2.59. The van der Waals surface area contributed by atoms with Gasteiger partial charge >= 0.3 is 0 Å². The van der Waals surface area contributed by atoms with Crippen LogP contribution < -0.4 is 25.8 Å². The van der Waals surface area contributed by atoms with E-state index in [9.17, 15) is 24.6 Å². The van der Waals surface area contributed by atoms with Crippen LogP contribution >= 0.6 is 11.3 Å². The Kier molecular flexibility index (Phi) is 13.9. The number of aryl methyl sites for hydroxylation is 1. The molecule has 17 heteroatoms. The van der Waals surface area contributed by atoms with Gasteiger partial charge < -0.3 is 45.8 Å². The van der Waals surface area contributed by atoms with Gasteiger partial charge in [0.15, 0.2) is 5.82 Å². The van der Waals surface area contributed by atoms with Crippen LogP contribution in [0.3, 0.4) is 0 Å². The Morgan fingerprint density at radius 1 is 0.892 bits per heavy atom. The van der Waals surface area contributed by atoms with Crippen molar-refractivity contribution in [1.29, 1.82) is 0 Å². The van der Waals surface area contributed by atoms with E-state index >= 15 is 0 Å². The number of phenols is 1. The monoisotopic (exact) mass is 1020 g/mol. The number of para-hydroxylation sites is 1. The number of piperazine rings is 1. The Balaban J connectivity index is 0.622. The molecule has 5 fully saturated rings. The van der Waals surface area contributed by atoms with Crippen LogP contribution in [-0.4, -0.2) is 134 Å². The minimum Gasteiger partial charge on any atom is -0.507 e. The zero-order valence-corrected chi connectivity index (χ0v) is 44.0. The van der Waals surface area contributed by atoms with Crippen LogP contribution in [0.25, 0.3) is 21.7 Å². The zero-order valence-electron chi connectivity index (χ0n) is 43.2. The molecular formula is C57H71N11O5S. The highest BCUT2D eigenvalue weighted by molar-refractivity contribution is 7.13. The second-order valence-electron chi connectivity index (χ2n) is 23.1. The molecule has 5 N–H and O–H groups in total. The molecule has 74 heavy (non-hydrogen) atoms. The van der Waals surface area contributed by atoms with Crippen molar-refractivity contribution < 1.29 is 24.6 Å². The van der Waals surface area contributed by atoms with Gasteiger partial charge in [0.2, 0.25) is 17.7 Å². The van der Waals surface area contributed by atoms with E-state index < -0.39 is 23.6 Å². The average Bonchev–Trinajstić information content (AvgIpc) is 4.03. The lowest BCUT2D eigenvalue weighted by Gasteiger charge is -2.55. The summed E-state index contributed by atoms with van der Waals surface area (Å²) in [5.74, 6) is 1.62. The molecule has 2 aliphatic carbocycles. The Labute approximate surface area is 438 Å². The molecule has 4 atom stereocenters. The molecule has 16 nitrogen and oxygen atoms in total. The number of nitrogens with one attached hydrogen (secondary N) is 3. The number of amides is 3. The van der Waals surface area contributed by atoms with Gasteiger partial charge in [0.25, 0.3) is 0 Å². The number of piperidine rings is 1. The number of carbonyl (C=O) groups is 3. The summed E-state index contributed by atoms with van der Waals surface area (Å²) in [6.45, 7) is 13.7. The maximum absolute atomic E-state index is 14.3. The lowest BCUT2D eigenvalue weighted by molar-refractivity contribution is -0.145. The van der Waals surface area contributed by atoms with Gasteiger partial charge in [0, 0.05) is 69.4 Å². The molecule has 6 aliphatic rings. The first-order valence-corrected chi connectivity index (χ1v) is 27.7. The van der Waals surface area contributed by atoms with Crippen molar-refractivity contribution in [2.75, 3.05) is 60.9 Å². The van der Waals surface area contributed by atoms with Gasteiger partial charge in [0.05, 0.1) is 39.6 Å². The number of aromatic nitrogens is 4. The second kappa shape index (κ2) is 20.5. The predicted octanol–water partition coefficient (Wildman–Crippen LogP) is 7.12. The molecule has 3 amide bonds. The van der Waals surface area contributed by atoms with Gasteiger partial charge in [-0.3, -0.25) is 14.4 Å². The highest BCUT2D eigenvalue weighted by atomic mass is 32.1. The van der Waals surface area contributed by atoms with Crippen molar-refractivity contribution in [3.63, 3.8) is 0 Å². The quantitative estimate of drug-likeness (QED) is 0.0900. The maximum Gasteiger partial charge on any atom is 0.246 e. The zero-order chi connectivity index (χ0) is 51.3. The van der Waals surface area contributed by atoms with E-state index in [-0.39, 0.29) is 53.8 Å². The number of nitrogens with zero attached hydrogens (tertiary/aromatic N) is 8. The number of anilines is 3. The van der Waals surface area contributed by atoms with Crippen molar-refractivity contribution in [3.8, 4) is 27.4 Å². The SMILES string of the molecule is Cc1ncsc1-c1ccc(CNC(=O)[C@@H]2C[C@@H](O)CN2C(=O)[C@@H](NC(=O)[C@H]2CCC3(CC2)C[C@H](N2CCC(c4ccc(N5CCN6c7cc(-c8ccccc8O)nnc7NC[C@H]6C5)nc4)CC2)C3)C(C)(C)C)cc1. The normalized spacial score (nSPS) is 25.6. The summed E-state index contributed by atoms with van der Waals surface area (Å²) in [4.78, 5) is 61.5. The second-order valence-corrected chi connectivity index (χ2v) is 24.0. The number of carbonyl (C=O) groups excluding carboxylic acids is 3. The molecule has 0 radical (unpaired) electrons. The number of benzene rings is 2. The van der Waals surface area contributed by atoms with E-state index in [0.29, 0.717) is 29.8 Å². The molecule has 3 saturated heterocycles. The number of likely N-dealkylation sites (tertiary alicyclic amines) is 2. The van der Waals surface area contributed by atoms with Crippen LogP contribution in [0.15, 0.2) is 78.4 Å². The third-order valence-electron chi connectivity index (χ3n) is 17.3. The highest BCUT2D eigenvalue weighted by Crippen LogP contribution is 2.55. The molecule has 0 unspecified atom stereocenters. The Bertz CT molecular complexity index is 2830. The van der Waals surface area contributed by atoms with E-state index in [1.165, 1.54) is 23.3 Å². The number of phenolic OH excluding ortho intramolecular Hbond substituents is 1. The first-order chi connectivity index (χ1) is 35.7. The summed E-state index contributed by atoms with van der Waals surface area (Å²) in [5.41, 5.74) is 8.19. The molecule has 1 spiro atoms. The number of aliphatic hydroxyl groups excluding tert-OH is 1. The number of aromatic hydroxyl groups is 1. The predicted molar refractivity (Wildman–Crippen MR) is 288 cm³/mol. The van der Waals surface area contributed by atoms with Crippen LogP contribution in [0.5, 0.6) is 5.75 Å². The highest BCUT2D eigenvalue weighted by Gasteiger charge is 2.50. The number of fused-ring (bicyclic) bond motifs is 3. The lowest BCUT2D eigenvalue weighted by atomic mass is 9.56. The summed E-state index contributed by atoms with van der Waals surface area (Å²) in [5, 5.41) is 39.7. The van der Waals surface area contributed by atoms with E-state index in [4.69, 9.17) is 4.98 Å². The molecule has 0 bridgehead atoms. The molecule has 2 saturated carbocycles. The summed E-state index contributed by atoms with van der Waals surface area (Å²) >= 11 is 1.59. The topological polar surface area (TPSA) is 192 Å². The van der Waals surface area contributed by atoms with Crippen LogP contribution in [0.2, 0.25) is 0 Å². The minimum atomic E-state index is -0.835. The van der Waals surface area contributed by atoms with Gasteiger partial charge in [-0.05, 0) is 129 Å². The smallest absolute Gasteiger partial charge is 0.246 e. The van der Waals surface area contributed by atoms with Crippen molar-refractivity contribution >= 4 is 46.4 Å². The Morgan fingerprint density at radius 2 is 1.66 bits per heavy atom. The minimum absolute atomic E-state index is 0.0504. The first kappa shape index (κ1) is 50.0. The van der Waals surface area contributed by atoms with E-state index in [2.05, 4.69) is 64.2 Å². The molecular weight excluding hydrogens is 951 g/mol. The summed E-state index contributed by atoms with van der Waals surface area (Å²) in [6, 6.07) is 21.0. The van der Waals surface area contributed by atoms with Gasteiger partial charge in [-0.25, -0.2) is 9.97 Å². The third-order valence-corrected chi connectivity index (χ3v) is 18.3. The van der Waals surface area contributed by atoms with Crippen molar-refractivity contribution in [3.05, 3.63) is 95.3 Å². The number of β-amino-alcohol motifs (C(OH)–C–C–N with tert-alkyl or cyclic N) is 1. The van der Waals surface area contributed by atoms with Gasteiger partial charge in [-0.15, -0.1) is 21.5 Å². The summed E-state index contributed by atoms with van der Waals surface area (Å²) in [7, 11) is 0. The van der Waals surface area contributed by atoms with Crippen molar-refractivity contribution in [2.45, 2.75) is 128 Å². The number of hydrogen-bond donors (Lipinski definition) is 5. The Hall–Kier alpha value is -6.17. The van der Waals surface area contributed by atoms with E-state index in [1.54, 1.807) is 17.4 Å². The van der Waals surface area contributed by atoms with Crippen LogP contribution in [-0.2, 0) is 20.9 Å². The number of thiazole rings is 1. The number of rotatable bonds is 11. The third kappa shape index (κ3) is 10.2. The van der Waals surface area contributed by atoms with Crippen LogP contribution in [0.1, 0.15) is 101 Å². The molecule has 7 heterocycles. The molecule has 2 aromatic carbocycles. The molecule has 5 aromatic rings. The average molecular weight is 1020 g/mol. The standard InChI is InChI=1S/C57H71N11O5S/c1-35-50(74-34-61-35)38-11-9-36(10-12-38)29-60-54(72)47-25-43(69)33-68(47)55(73)51(56(2,3)4)62-53(71)39-15-19-57(20-16-39)27-41(28-57)65-21-17-37(18-22-65)40-13-14-49(58-30-40)66-23-24-67-42(32-66)31-59-52-46(67)26-45(63-64-52)44-7-5-6-8-48(44)70/h5-14,26,30,34,37,39,41-43,47,51,69-70H,15-25,27-29,31-33H2,1-4H3,(H,59,64)(H,60,72)(H,62,71)/t39-,41-,42-,43+,47-,51+,57?/m0/s1. The largest absolute Gasteiger partial charge is 0.507 e. The fraction of sp³-hybridized carbons (Fsp3) is 0.526. The Morgan fingerprint density at radius 3 is 2.36 bits per heavy atom. The molecule has 390 valence electrons. The summed E-state index contributed by atoms with van der Waals surface area (Å²) in [6.07, 6.45) is 9.73. The summed E-state index contributed by atoms with van der Waals surface area (Å²) < 4.78 is 0. The number of hydrogen-bond acceptors (Lipinski definition) is 14. The van der Waals surface area contributed by atoms with Gasteiger partial charge in [0.1, 0.15) is 23.7 Å². The number of aliphatic hydroxyl groups is 1. The van der Waals surface area contributed by atoms with Crippen molar-refractivity contribution in [1.82, 2.24) is 40.6 Å². The molecule has 3 aromatic heterocycles. The number of pyridine rings is 1. The van der Waals surface area contributed by atoms with E-state index in [0.717, 1.165) is 117 Å². The molecule has 4 aliphatic heterocycles. The van der Waals surface area contributed by atoms with E-state index in [1.807, 2.05) is 81.7 Å². The van der Waals surface area contributed by atoms with Crippen molar-refractivity contribution in [2.24, 2.45) is 16.7 Å². The maximum atomic E-state index is 14.3. The van der Waals surface area contributed by atoms with Crippen LogP contribution in [0.4, 0.5) is 17.3 Å². The van der Waals surface area contributed by atoms with Gasteiger partial charge in [-0.2, -0.15) is 0 Å². The fourth-order valence-corrected chi connectivity index (χ4v) is 13.7. The van der Waals surface area contributed by atoms with Crippen LogP contribution in [0, 0.1) is 23.7 Å². The fourth-order valence-electron chi connectivity index (χ4n) is 12.9.